The molecule has 1 aromatic heterocycles. The van der Waals surface area contributed by atoms with Crippen molar-refractivity contribution in [1.82, 2.24) is 4.57 Å². The predicted molar refractivity (Wildman–Crippen MR) is 79.3 cm³/mol. The van der Waals surface area contributed by atoms with Gasteiger partial charge in [0, 0.05) is 0 Å². The van der Waals surface area contributed by atoms with Crippen molar-refractivity contribution >= 4 is 19.4 Å². The fourth-order valence-corrected chi connectivity index (χ4v) is 3.94. The minimum absolute atomic E-state index is 0.440. The van der Waals surface area contributed by atoms with Gasteiger partial charge < -0.3 is 0 Å². The molecule has 0 aliphatic carbocycles. The first-order valence-corrected chi connectivity index (χ1v) is 7.86. The van der Waals surface area contributed by atoms with E-state index in [0.29, 0.717) is 15.0 Å². The second-order valence-corrected chi connectivity index (χ2v) is 7.15. The van der Waals surface area contributed by atoms with Gasteiger partial charge in [0.25, 0.3) is 0 Å². The summed E-state index contributed by atoms with van der Waals surface area (Å²) in [5.74, 6) is 0. The Bertz CT molecular complexity index is 533. The Morgan fingerprint density at radius 3 is 2.39 bits per heavy atom. The molecule has 0 radical (unpaired) electrons. The Labute approximate surface area is 116 Å². The van der Waals surface area contributed by atoms with E-state index in [0.717, 1.165) is 6.42 Å². The zero-order valence-electron chi connectivity index (χ0n) is 11.2. The number of hydrogen-bond acceptors (Lipinski definition) is 0. The summed E-state index contributed by atoms with van der Waals surface area (Å²) >= 11 is 0.440. The number of nitrogens with zero attached hydrogens (tertiary/aromatic N) is 1. The van der Waals surface area contributed by atoms with E-state index < -0.39 is 0 Å². The van der Waals surface area contributed by atoms with Crippen LogP contribution in [0.4, 0.5) is 0 Å². The number of allylic oxidation sites excluding steroid dienone is 2. The van der Waals surface area contributed by atoms with Crippen molar-refractivity contribution in [3.63, 3.8) is 0 Å². The first-order valence-electron chi connectivity index (χ1n) is 6.15. The Morgan fingerprint density at radius 2 is 1.83 bits per heavy atom. The van der Waals surface area contributed by atoms with Crippen molar-refractivity contribution in [2.75, 3.05) is 0 Å². The van der Waals surface area contributed by atoms with Crippen molar-refractivity contribution in [3.8, 4) is 0 Å². The van der Waals surface area contributed by atoms with Crippen LogP contribution in [0.3, 0.4) is 0 Å². The Morgan fingerprint density at radius 1 is 1.11 bits per heavy atom. The molecule has 0 fully saturated rings. The van der Waals surface area contributed by atoms with Gasteiger partial charge in [0.2, 0.25) is 0 Å². The van der Waals surface area contributed by atoms with E-state index in [4.69, 9.17) is 0 Å². The van der Waals surface area contributed by atoms with Crippen molar-refractivity contribution in [3.05, 3.63) is 64.4 Å². The fourth-order valence-electron chi connectivity index (χ4n) is 1.80. The van der Waals surface area contributed by atoms with Gasteiger partial charge in [-0.3, -0.25) is 0 Å². The van der Waals surface area contributed by atoms with E-state index in [2.05, 4.69) is 74.3 Å². The van der Waals surface area contributed by atoms with Crippen LogP contribution in [0.5, 0.6) is 0 Å². The van der Waals surface area contributed by atoms with E-state index in [1.54, 1.807) is 4.47 Å². The Hall–Kier alpha value is -1.24. The van der Waals surface area contributed by atoms with Gasteiger partial charge in [-0.15, -0.1) is 0 Å². The second kappa shape index (κ2) is 6.08. The van der Waals surface area contributed by atoms with Gasteiger partial charge in [-0.05, 0) is 0 Å². The monoisotopic (exact) mass is 305 g/mol. The van der Waals surface area contributed by atoms with E-state index in [1.807, 2.05) is 0 Å². The maximum absolute atomic E-state index is 2.23. The second-order valence-electron chi connectivity index (χ2n) is 4.70. The zero-order chi connectivity index (χ0) is 13.0. The van der Waals surface area contributed by atoms with Crippen LogP contribution < -0.4 is 4.46 Å². The van der Waals surface area contributed by atoms with Crippen LogP contribution in [-0.4, -0.2) is 19.5 Å². The summed E-state index contributed by atoms with van der Waals surface area (Å²) in [6.45, 7) is 4.45. The van der Waals surface area contributed by atoms with Crippen LogP contribution in [0.15, 0.2) is 58.8 Å². The van der Waals surface area contributed by atoms with Crippen LogP contribution in [0.2, 0.25) is 0 Å². The van der Waals surface area contributed by atoms with Crippen LogP contribution in [0.25, 0.3) is 0 Å². The summed E-state index contributed by atoms with van der Waals surface area (Å²) in [5.41, 5.74) is 2.87. The summed E-state index contributed by atoms with van der Waals surface area (Å²) in [6.07, 6.45) is 5.41. The van der Waals surface area contributed by atoms with Crippen LogP contribution >= 0.6 is 0 Å². The molecule has 0 atom stereocenters. The molecule has 2 rings (SSSR count). The van der Waals surface area contributed by atoms with E-state index >= 15 is 0 Å². The summed E-state index contributed by atoms with van der Waals surface area (Å²) in [6, 6.07) is 13.0. The molecule has 2 aromatic rings. The van der Waals surface area contributed by atoms with E-state index in [9.17, 15) is 0 Å². The number of aromatic nitrogens is 1. The van der Waals surface area contributed by atoms with Gasteiger partial charge in [-0.25, -0.2) is 0 Å². The number of hydrogen-bond donors (Lipinski definition) is 0. The van der Waals surface area contributed by atoms with Gasteiger partial charge in [0.15, 0.2) is 0 Å². The standard InChI is InChI=1S/C16H19NSe/c1-13(2)16(11-14-9-10-17(3)12-14)18-15-7-5-4-6-8-15/h4-10,12H,11H2,1-3H3. The van der Waals surface area contributed by atoms with Crippen LogP contribution in [-0.2, 0) is 13.5 Å². The average molecular weight is 304 g/mol. The molecular weight excluding hydrogens is 285 g/mol. The average Bonchev–Trinajstić information content (AvgIpc) is 2.75. The molecular formula is C16H19NSe. The summed E-state index contributed by atoms with van der Waals surface area (Å²) < 4.78 is 5.16. The topological polar surface area (TPSA) is 4.93 Å². The number of benzene rings is 1. The van der Waals surface area contributed by atoms with Gasteiger partial charge in [-0.1, -0.05) is 0 Å². The third-order valence-corrected chi connectivity index (χ3v) is 5.54. The zero-order valence-corrected chi connectivity index (χ0v) is 12.9. The van der Waals surface area contributed by atoms with Crippen molar-refractivity contribution < 1.29 is 0 Å². The third kappa shape index (κ3) is 3.63. The molecule has 1 heterocycles. The van der Waals surface area contributed by atoms with Gasteiger partial charge in [0.05, 0.1) is 0 Å². The maximum atomic E-state index is 2.23. The molecule has 18 heavy (non-hydrogen) atoms. The quantitative estimate of drug-likeness (QED) is 0.766. The van der Waals surface area contributed by atoms with Crippen LogP contribution in [0, 0.1) is 0 Å². The molecule has 0 unspecified atom stereocenters. The molecule has 0 amide bonds. The summed E-state index contributed by atoms with van der Waals surface area (Å²) in [4.78, 5) is 0. The molecule has 0 spiro atoms. The van der Waals surface area contributed by atoms with E-state index in [-0.39, 0.29) is 0 Å². The predicted octanol–water partition coefficient (Wildman–Crippen LogP) is 2.89. The first kappa shape index (κ1) is 13.2. The molecule has 0 bridgehead atoms. The van der Waals surface area contributed by atoms with Crippen molar-refractivity contribution in [2.45, 2.75) is 20.3 Å². The van der Waals surface area contributed by atoms with Crippen molar-refractivity contribution in [2.24, 2.45) is 7.05 Å². The molecule has 1 nitrogen and oxygen atoms in total. The Kier molecular flexibility index (Phi) is 4.46. The summed E-state index contributed by atoms with van der Waals surface area (Å²) in [7, 11) is 2.08. The van der Waals surface area contributed by atoms with Gasteiger partial charge >= 0.3 is 116 Å². The molecule has 0 aliphatic rings. The molecule has 1 aromatic carbocycles. The molecule has 0 saturated heterocycles. The molecule has 94 valence electrons. The van der Waals surface area contributed by atoms with E-state index in [1.165, 1.54) is 15.6 Å². The normalized spacial score (nSPS) is 10.4. The fraction of sp³-hybridized carbons (Fsp3) is 0.250. The molecule has 0 saturated carbocycles. The molecule has 0 aliphatic heterocycles. The van der Waals surface area contributed by atoms with Gasteiger partial charge in [-0.2, -0.15) is 0 Å². The summed E-state index contributed by atoms with van der Waals surface area (Å²) in [5, 5.41) is 0. The molecule has 2 heteroatoms. The minimum atomic E-state index is 0.440. The Balaban J connectivity index is 2.13. The van der Waals surface area contributed by atoms with Gasteiger partial charge in [0.1, 0.15) is 0 Å². The number of aryl methyl sites for hydroxylation is 1. The number of rotatable bonds is 4. The van der Waals surface area contributed by atoms with Crippen LogP contribution in [0.1, 0.15) is 19.4 Å². The third-order valence-electron chi connectivity index (χ3n) is 2.80. The first-order chi connectivity index (χ1) is 8.65. The SMILES string of the molecule is CC(C)=C(Cc1ccn(C)c1)[Se]c1ccccc1. The molecule has 0 N–H and O–H groups in total. The van der Waals surface area contributed by atoms with Crippen molar-refractivity contribution in [1.29, 1.82) is 0 Å².